The normalized spacial score (nSPS) is 42.5. The van der Waals surface area contributed by atoms with E-state index < -0.39 is 0 Å². The van der Waals surface area contributed by atoms with Crippen LogP contribution in [0.15, 0.2) is 11.6 Å². The van der Waals surface area contributed by atoms with Crippen LogP contribution in [0.3, 0.4) is 0 Å². The third-order valence-corrected chi connectivity index (χ3v) is 6.57. The molecule has 0 unspecified atom stereocenters. The molecule has 1 heterocycles. The zero-order chi connectivity index (χ0) is 14.6. The van der Waals surface area contributed by atoms with Crippen molar-refractivity contribution in [2.75, 3.05) is 0 Å². The van der Waals surface area contributed by atoms with Gasteiger partial charge in [-0.15, -0.1) is 0 Å². The molecule has 2 fully saturated rings. The quantitative estimate of drug-likeness (QED) is 0.619. The van der Waals surface area contributed by atoms with Crippen molar-refractivity contribution < 1.29 is 4.74 Å². The lowest BCUT2D eigenvalue weighted by Gasteiger charge is -2.52. The van der Waals surface area contributed by atoms with Gasteiger partial charge in [-0.3, -0.25) is 0 Å². The molecule has 0 aromatic rings. The van der Waals surface area contributed by atoms with Crippen LogP contribution in [0.4, 0.5) is 0 Å². The number of fused-ring (bicyclic) bond motifs is 1. The second-order valence-corrected chi connectivity index (χ2v) is 8.73. The van der Waals surface area contributed by atoms with Crippen molar-refractivity contribution in [1.82, 2.24) is 0 Å². The molecule has 1 saturated heterocycles. The smallest absolute Gasteiger partial charge is 0.0955 e. The van der Waals surface area contributed by atoms with E-state index in [0.717, 1.165) is 11.8 Å². The van der Waals surface area contributed by atoms with E-state index in [9.17, 15) is 0 Å². The number of ether oxygens (including phenoxy) is 1. The largest absolute Gasteiger partial charge is 0.364 e. The van der Waals surface area contributed by atoms with Crippen LogP contribution in [0.2, 0.25) is 0 Å². The molecule has 1 heteroatoms. The fourth-order valence-corrected chi connectivity index (χ4v) is 5.07. The van der Waals surface area contributed by atoms with Gasteiger partial charge in [-0.05, 0) is 76.2 Å². The summed E-state index contributed by atoms with van der Waals surface area (Å²) in [6.45, 7) is 11.8. The molecule has 0 aromatic carbocycles. The van der Waals surface area contributed by atoms with Gasteiger partial charge in [0.15, 0.2) is 0 Å². The Morgan fingerprint density at radius 3 is 2.70 bits per heavy atom. The van der Waals surface area contributed by atoms with E-state index in [1.54, 1.807) is 5.57 Å². The van der Waals surface area contributed by atoms with Gasteiger partial charge in [0.05, 0.1) is 11.2 Å². The highest BCUT2D eigenvalue weighted by Crippen LogP contribution is 2.65. The second-order valence-electron chi connectivity index (χ2n) is 8.73. The highest BCUT2D eigenvalue weighted by atomic mass is 16.5. The SMILES string of the molecule is CC(C)CCC1=CCC[C@@]2(C)CC[C@@H]3C[C@]12OC3(C)C. The van der Waals surface area contributed by atoms with Crippen molar-refractivity contribution in [3.63, 3.8) is 0 Å². The lowest BCUT2D eigenvalue weighted by Crippen LogP contribution is -2.51. The van der Waals surface area contributed by atoms with Crippen molar-refractivity contribution in [2.24, 2.45) is 17.3 Å². The van der Waals surface area contributed by atoms with Gasteiger partial charge < -0.3 is 4.74 Å². The summed E-state index contributed by atoms with van der Waals surface area (Å²) in [5.74, 6) is 1.55. The lowest BCUT2D eigenvalue weighted by atomic mass is 9.55. The zero-order valence-electron chi connectivity index (χ0n) is 14.1. The minimum Gasteiger partial charge on any atom is -0.364 e. The molecule has 3 aliphatic rings. The molecule has 114 valence electrons. The first kappa shape index (κ1) is 14.6. The number of allylic oxidation sites excluding steroid dienone is 1. The van der Waals surface area contributed by atoms with Crippen LogP contribution < -0.4 is 0 Å². The Kier molecular flexibility index (Phi) is 3.36. The number of hydrogen-bond donors (Lipinski definition) is 0. The first-order valence-electron chi connectivity index (χ1n) is 8.69. The second kappa shape index (κ2) is 4.60. The summed E-state index contributed by atoms with van der Waals surface area (Å²) in [4.78, 5) is 0. The topological polar surface area (TPSA) is 9.23 Å². The van der Waals surface area contributed by atoms with E-state index in [1.807, 2.05) is 0 Å². The van der Waals surface area contributed by atoms with Crippen LogP contribution in [0, 0.1) is 17.3 Å². The third-order valence-electron chi connectivity index (χ3n) is 6.57. The summed E-state index contributed by atoms with van der Waals surface area (Å²) >= 11 is 0. The van der Waals surface area contributed by atoms with E-state index in [4.69, 9.17) is 4.74 Å². The summed E-state index contributed by atoms with van der Waals surface area (Å²) in [5, 5.41) is 0. The summed E-state index contributed by atoms with van der Waals surface area (Å²) in [6.07, 6.45) is 11.7. The Balaban J connectivity index is 1.94. The fourth-order valence-electron chi connectivity index (χ4n) is 5.07. The maximum Gasteiger partial charge on any atom is 0.0955 e. The van der Waals surface area contributed by atoms with Crippen molar-refractivity contribution in [3.05, 3.63) is 11.6 Å². The summed E-state index contributed by atoms with van der Waals surface area (Å²) in [6, 6.07) is 0. The van der Waals surface area contributed by atoms with Crippen molar-refractivity contribution in [1.29, 1.82) is 0 Å². The molecule has 0 aromatic heterocycles. The Hall–Kier alpha value is -0.300. The molecule has 0 radical (unpaired) electrons. The van der Waals surface area contributed by atoms with Crippen LogP contribution in [-0.4, -0.2) is 11.2 Å². The highest BCUT2D eigenvalue weighted by molar-refractivity contribution is 5.31. The number of rotatable bonds is 3. The molecule has 1 aliphatic heterocycles. The monoisotopic (exact) mass is 276 g/mol. The summed E-state index contributed by atoms with van der Waals surface area (Å²) in [7, 11) is 0. The van der Waals surface area contributed by atoms with Crippen molar-refractivity contribution >= 4 is 0 Å². The van der Waals surface area contributed by atoms with E-state index >= 15 is 0 Å². The maximum absolute atomic E-state index is 6.84. The number of hydrogen-bond acceptors (Lipinski definition) is 1. The van der Waals surface area contributed by atoms with Gasteiger partial charge in [0.25, 0.3) is 0 Å². The predicted molar refractivity (Wildman–Crippen MR) is 84.7 cm³/mol. The lowest BCUT2D eigenvalue weighted by molar-refractivity contribution is -0.132. The van der Waals surface area contributed by atoms with Gasteiger partial charge in [0.2, 0.25) is 0 Å². The first-order valence-corrected chi connectivity index (χ1v) is 8.69. The summed E-state index contributed by atoms with van der Waals surface area (Å²) < 4.78 is 6.84. The Bertz CT molecular complexity index is 419. The van der Waals surface area contributed by atoms with Gasteiger partial charge in [-0.25, -0.2) is 0 Å². The molecule has 1 saturated carbocycles. The average Bonchev–Trinajstić information content (AvgIpc) is 2.58. The van der Waals surface area contributed by atoms with E-state index in [2.05, 4.69) is 40.7 Å². The standard InChI is InChI=1S/C19H32O/c1-14(2)8-9-15-7-6-11-18(5)12-10-16-13-19(15,18)20-17(16,3)4/h7,14,16H,6,8-13H2,1-5H3/t16-,18+,19+/m1/s1. The van der Waals surface area contributed by atoms with Crippen LogP contribution in [0.25, 0.3) is 0 Å². The highest BCUT2D eigenvalue weighted by Gasteiger charge is 2.64. The van der Waals surface area contributed by atoms with Crippen LogP contribution in [0.1, 0.15) is 79.6 Å². The van der Waals surface area contributed by atoms with Gasteiger partial charge in [0, 0.05) is 5.41 Å². The van der Waals surface area contributed by atoms with E-state index in [0.29, 0.717) is 5.41 Å². The minimum absolute atomic E-state index is 0.0754. The molecule has 2 bridgehead atoms. The van der Waals surface area contributed by atoms with Crippen molar-refractivity contribution in [3.8, 4) is 0 Å². The van der Waals surface area contributed by atoms with Crippen LogP contribution >= 0.6 is 0 Å². The van der Waals surface area contributed by atoms with Gasteiger partial charge in [-0.2, -0.15) is 0 Å². The minimum atomic E-state index is 0.0754. The van der Waals surface area contributed by atoms with Gasteiger partial charge in [0.1, 0.15) is 0 Å². The fraction of sp³-hybridized carbons (Fsp3) is 0.895. The Morgan fingerprint density at radius 1 is 1.25 bits per heavy atom. The van der Waals surface area contributed by atoms with Gasteiger partial charge >= 0.3 is 0 Å². The Morgan fingerprint density at radius 2 is 2.00 bits per heavy atom. The summed E-state index contributed by atoms with van der Waals surface area (Å²) in [5.41, 5.74) is 2.19. The third kappa shape index (κ3) is 2.00. The molecular weight excluding hydrogens is 244 g/mol. The van der Waals surface area contributed by atoms with E-state index in [1.165, 1.54) is 44.9 Å². The van der Waals surface area contributed by atoms with E-state index in [-0.39, 0.29) is 11.2 Å². The molecule has 0 N–H and O–H groups in total. The molecule has 3 rings (SSSR count). The molecule has 20 heavy (non-hydrogen) atoms. The molecule has 1 nitrogen and oxygen atoms in total. The van der Waals surface area contributed by atoms with Gasteiger partial charge in [-0.1, -0.05) is 26.8 Å². The zero-order valence-corrected chi connectivity index (χ0v) is 14.1. The molecule has 2 aliphatic carbocycles. The molecule has 1 spiro atoms. The average molecular weight is 276 g/mol. The van der Waals surface area contributed by atoms with Crippen molar-refractivity contribution in [2.45, 2.75) is 90.8 Å². The Labute approximate surface area is 125 Å². The first-order chi connectivity index (χ1) is 9.29. The molecular formula is C19H32O. The van der Waals surface area contributed by atoms with Crippen LogP contribution in [0.5, 0.6) is 0 Å². The molecule has 3 atom stereocenters. The van der Waals surface area contributed by atoms with Crippen LogP contribution in [-0.2, 0) is 4.74 Å². The maximum atomic E-state index is 6.84. The predicted octanol–water partition coefficient (Wildman–Crippen LogP) is 5.50. The molecule has 0 amide bonds.